The van der Waals surface area contributed by atoms with Gasteiger partial charge in [-0.2, -0.15) is 13.2 Å². The Hall–Kier alpha value is -2.64. The number of benzene rings is 1. The van der Waals surface area contributed by atoms with Gasteiger partial charge in [0.05, 0.1) is 11.6 Å². The maximum Gasteiger partial charge on any atom is 0.416 e. The molecule has 0 aromatic heterocycles. The fraction of sp³-hybridized carbons (Fsp3) is 0.353. The van der Waals surface area contributed by atoms with Crippen LogP contribution in [0.2, 0.25) is 0 Å². The molecule has 0 aliphatic rings. The van der Waals surface area contributed by atoms with Gasteiger partial charge in [-0.3, -0.25) is 9.59 Å². The maximum atomic E-state index is 12.9. The normalized spacial score (nSPS) is 12.4. The predicted octanol–water partition coefficient (Wildman–Crippen LogP) is 3.45. The highest BCUT2D eigenvalue weighted by Gasteiger charge is 2.35. The van der Waals surface area contributed by atoms with Gasteiger partial charge in [0.15, 0.2) is 0 Å². The van der Waals surface area contributed by atoms with Gasteiger partial charge in [-0.15, -0.1) is 0 Å². The Labute approximate surface area is 142 Å². The molecule has 1 N–H and O–H groups in total. The van der Waals surface area contributed by atoms with Crippen molar-refractivity contribution < 1.29 is 32.3 Å². The number of alkyl carbamates (subject to hydrolysis) is 1. The topological polar surface area (TPSA) is 72.5 Å². The standard InChI is InChI=1S/C17H18F3NO4/c1-4-8-25-16(24)21-15(14(10(2)22)11(3)23)12-6-5-7-13(9-12)17(18,19)20/h4-7,9,14-15H,1,8H2,2-3H3,(H,21,24)/t15-/m0/s1. The van der Waals surface area contributed by atoms with Crippen LogP contribution >= 0.6 is 0 Å². The zero-order chi connectivity index (χ0) is 19.2. The molecule has 0 aliphatic heterocycles. The zero-order valence-corrected chi connectivity index (χ0v) is 13.7. The van der Waals surface area contributed by atoms with E-state index in [4.69, 9.17) is 4.74 Å². The molecule has 0 fully saturated rings. The minimum atomic E-state index is -4.61. The second kappa shape index (κ2) is 8.46. The number of alkyl halides is 3. The van der Waals surface area contributed by atoms with Crippen LogP contribution in [0.1, 0.15) is 31.0 Å². The molecule has 5 nitrogen and oxygen atoms in total. The number of hydrogen-bond donors (Lipinski definition) is 1. The lowest BCUT2D eigenvalue weighted by molar-refractivity contribution is -0.137. The third-order valence-electron chi connectivity index (χ3n) is 3.39. The monoisotopic (exact) mass is 357 g/mol. The van der Waals surface area contributed by atoms with E-state index >= 15 is 0 Å². The fourth-order valence-corrected chi connectivity index (χ4v) is 2.33. The molecule has 25 heavy (non-hydrogen) atoms. The van der Waals surface area contributed by atoms with Crippen LogP contribution in [-0.2, 0) is 20.5 Å². The summed E-state index contributed by atoms with van der Waals surface area (Å²) in [4.78, 5) is 35.4. The Morgan fingerprint density at radius 2 is 1.84 bits per heavy atom. The molecule has 0 heterocycles. The van der Waals surface area contributed by atoms with Gasteiger partial charge in [-0.05, 0) is 31.5 Å². The van der Waals surface area contributed by atoms with Gasteiger partial charge >= 0.3 is 12.3 Å². The van der Waals surface area contributed by atoms with Gasteiger partial charge in [0, 0.05) is 0 Å². The van der Waals surface area contributed by atoms with E-state index in [1.807, 2.05) is 0 Å². The minimum absolute atomic E-state index is 0.0271. The smallest absolute Gasteiger partial charge is 0.416 e. The van der Waals surface area contributed by atoms with E-state index in [1.165, 1.54) is 12.1 Å². The SMILES string of the molecule is C=CCOC(=O)N[C@@H](c1cccc(C(F)(F)F)c1)C(C(C)=O)C(C)=O. The molecule has 1 rings (SSSR count). The summed E-state index contributed by atoms with van der Waals surface area (Å²) in [6.07, 6.45) is -4.28. The molecule has 0 unspecified atom stereocenters. The molecule has 0 spiro atoms. The van der Waals surface area contributed by atoms with Crippen LogP contribution in [0.3, 0.4) is 0 Å². The van der Waals surface area contributed by atoms with E-state index in [0.29, 0.717) is 0 Å². The quantitative estimate of drug-likeness (QED) is 0.599. The van der Waals surface area contributed by atoms with Crippen LogP contribution in [0.4, 0.5) is 18.0 Å². The van der Waals surface area contributed by atoms with Crippen LogP contribution < -0.4 is 5.32 Å². The van der Waals surface area contributed by atoms with E-state index in [-0.39, 0.29) is 12.2 Å². The summed E-state index contributed by atoms with van der Waals surface area (Å²) in [6, 6.07) is 2.80. The first-order chi connectivity index (χ1) is 11.6. The van der Waals surface area contributed by atoms with Crippen molar-refractivity contribution in [3.63, 3.8) is 0 Å². The predicted molar refractivity (Wildman–Crippen MR) is 83.7 cm³/mol. The second-order valence-electron chi connectivity index (χ2n) is 5.33. The summed E-state index contributed by atoms with van der Waals surface area (Å²) in [6.45, 7) is 5.49. The Bertz CT molecular complexity index is 656. The number of carbonyl (C=O) groups excluding carboxylic acids is 3. The van der Waals surface area contributed by atoms with Crippen LogP contribution in [0.15, 0.2) is 36.9 Å². The fourth-order valence-electron chi connectivity index (χ4n) is 2.33. The van der Waals surface area contributed by atoms with E-state index < -0.39 is 41.4 Å². The maximum absolute atomic E-state index is 12.9. The minimum Gasteiger partial charge on any atom is -0.445 e. The molecular formula is C17H18F3NO4. The van der Waals surface area contributed by atoms with Crippen molar-refractivity contribution in [2.24, 2.45) is 5.92 Å². The average molecular weight is 357 g/mol. The van der Waals surface area contributed by atoms with Crippen LogP contribution in [0.25, 0.3) is 0 Å². The van der Waals surface area contributed by atoms with Gasteiger partial charge in [0.25, 0.3) is 0 Å². The molecule has 1 aromatic carbocycles. The van der Waals surface area contributed by atoms with Crippen molar-refractivity contribution in [1.29, 1.82) is 0 Å². The van der Waals surface area contributed by atoms with E-state index in [9.17, 15) is 27.6 Å². The molecule has 0 radical (unpaired) electrons. The summed E-state index contributed by atoms with van der Waals surface area (Å²) in [5, 5.41) is 2.29. The third kappa shape index (κ3) is 5.74. The Balaban J connectivity index is 3.30. The Kier molecular flexibility index (Phi) is 6.90. The number of rotatable bonds is 7. The zero-order valence-electron chi connectivity index (χ0n) is 13.7. The number of Topliss-reactive ketones (excluding diaryl/α,β-unsaturated/α-hetero) is 2. The first-order valence-electron chi connectivity index (χ1n) is 7.30. The lowest BCUT2D eigenvalue weighted by Crippen LogP contribution is -2.39. The van der Waals surface area contributed by atoms with Gasteiger partial charge < -0.3 is 10.1 Å². The molecule has 1 amide bonds. The summed E-state index contributed by atoms with van der Waals surface area (Å²) in [5.41, 5.74) is -0.983. The largest absolute Gasteiger partial charge is 0.445 e. The molecule has 0 bridgehead atoms. The number of hydrogen-bond acceptors (Lipinski definition) is 4. The number of ether oxygens (including phenoxy) is 1. The first-order valence-corrected chi connectivity index (χ1v) is 7.30. The molecule has 8 heteroatoms. The van der Waals surface area contributed by atoms with Gasteiger partial charge in [-0.25, -0.2) is 4.79 Å². The van der Waals surface area contributed by atoms with Crippen LogP contribution in [-0.4, -0.2) is 24.3 Å². The van der Waals surface area contributed by atoms with E-state index in [0.717, 1.165) is 32.0 Å². The highest BCUT2D eigenvalue weighted by atomic mass is 19.4. The van der Waals surface area contributed by atoms with Gasteiger partial charge in [-0.1, -0.05) is 24.8 Å². The molecule has 136 valence electrons. The van der Waals surface area contributed by atoms with Crippen molar-refractivity contribution in [2.45, 2.75) is 26.1 Å². The summed E-state index contributed by atoms with van der Waals surface area (Å²) < 4.78 is 43.5. The summed E-state index contributed by atoms with van der Waals surface area (Å²) in [5.74, 6) is -2.50. The van der Waals surface area contributed by atoms with Crippen molar-refractivity contribution >= 4 is 17.7 Å². The summed E-state index contributed by atoms with van der Waals surface area (Å²) >= 11 is 0. The number of carbonyl (C=O) groups is 3. The van der Waals surface area contributed by atoms with E-state index in [1.54, 1.807) is 0 Å². The average Bonchev–Trinajstić information content (AvgIpc) is 2.50. The number of ketones is 2. The molecule has 1 aromatic rings. The highest BCUT2D eigenvalue weighted by molar-refractivity contribution is 6.01. The first kappa shape index (κ1) is 20.4. The van der Waals surface area contributed by atoms with Gasteiger partial charge in [0.2, 0.25) is 0 Å². The molecule has 0 saturated carbocycles. The van der Waals surface area contributed by atoms with Crippen molar-refractivity contribution in [3.05, 3.63) is 48.0 Å². The number of amides is 1. The summed E-state index contributed by atoms with van der Waals surface area (Å²) in [7, 11) is 0. The lowest BCUT2D eigenvalue weighted by atomic mass is 9.86. The van der Waals surface area contributed by atoms with Crippen molar-refractivity contribution in [1.82, 2.24) is 5.32 Å². The Morgan fingerprint density at radius 3 is 2.32 bits per heavy atom. The van der Waals surface area contributed by atoms with Crippen molar-refractivity contribution in [3.8, 4) is 0 Å². The number of halogens is 3. The van der Waals surface area contributed by atoms with Crippen LogP contribution in [0, 0.1) is 5.92 Å². The van der Waals surface area contributed by atoms with Crippen LogP contribution in [0.5, 0.6) is 0 Å². The van der Waals surface area contributed by atoms with Gasteiger partial charge in [0.1, 0.15) is 24.1 Å². The van der Waals surface area contributed by atoms with Crippen molar-refractivity contribution in [2.75, 3.05) is 6.61 Å². The lowest BCUT2D eigenvalue weighted by Gasteiger charge is -2.25. The molecule has 0 aliphatic carbocycles. The highest BCUT2D eigenvalue weighted by Crippen LogP contribution is 2.32. The Morgan fingerprint density at radius 1 is 1.24 bits per heavy atom. The van der Waals surface area contributed by atoms with E-state index in [2.05, 4.69) is 11.9 Å². The molecule has 1 atom stereocenters. The molecule has 0 saturated heterocycles. The number of nitrogens with one attached hydrogen (secondary N) is 1. The second-order valence-corrected chi connectivity index (χ2v) is 5.33. The molecular weight excluding hydrogens is 339 g/mol. The third-order valence-corrected chi connectivity index (χ3v) is 3.39.